The van der Waals surface area contributed by atoms with Crippen LogP contribution in [0.2, 0.25) is 0 Å². The fraction of sp³-hybridized carbons (Fsp3) is 0.667. The molecule has 0 aliphatic carbocycles. The van der Waals surface area contributed by atoms with E-state index in [0.29, 0.717) is 6.54 Å². The van der Waals surface area contributed by atoms with Gasteiger partial charge in [0.2, 0.25) is 0 Å². The SMILES string of the molecule is CNCc1cc(CN(C)CCC(F)(F)F)c(C)s1. The van der Waals surface area contributed by atoms with Crippen LogP contribution in [-0.2, 0) is 13.1 Å². The Hall–Kier alpha value is -0.590. The Labute approximate surface area is 110 Å². The van der Waals surface area contributed by atoms with Gasteiger partial charge in [-0.15, -0.1) is 11.3 Å². The first-order valence-electron chi connectivity index (χ1n) is 5.80. The maximum atomic E-state index is 12.1. The molecule has 1 aromatic heterocycles. The normalized spacial score (nSPS) is 12.4. The van der Waals surface area contributed by atoms with Gasteiger partial charge < -0.3 is 10.2 Å². The van der Waals surface area contributed by atoms with E-state index in [9.17, 15) is 13.2 Å². The second kappa shape index (κ2) is 6.54. The van der Waals surface area contributed by atoms with Crippen molar-refractivity contribution in [2.75, 3.05) is 20.6 Å². The monoisotopic (exact) mass is 280 g/mol. The summed E-state index contributed by atoms with van der Waals surface area (Å²) < 4.78 is 36.3. The first-order chi connectivity index (χ1) is 8.31. The van der Waals surface area contributed by atoms with Gasteiger partial charge in [-0.1, -0.05) is 0 Å². The van der Waals surface area contributed by atoms with Crippen molar-refractivity contribution in [1.82, 2.24) is 10.2 Å². The van der Waals surface area contributed by atoms with Crippen LogP contribution >= 0.6 is 11.3 Å². The van der Waals surface area contributed by atoms with Gasteiger partial charge in [-0.05, 0) is 32.6 Å². The lowest BCUT2D eigenvalue weighted by molar-refractivity contribution is -0.137. The first kappa shape index (κ1) is 15.5. The number of thiophene rings is 1. The van der Waals surface area contributed by atoms with Gasteiger partial charge in [-0.2, -0.15) is 13.2 Å². The summed E-state index contributed by atoms with van der Waals surface area (Å²) in [5, 5.41) is 3.07. The van der Waals surface area contributed by atoms with Gasteiger partial charge in [-0.25, -0.2) is 0 Å². The molecule has 0 aliphatic heterocycles. The third-order valence-electron chi connectivity index (χ3n) is 2.64. The van der Waals surface area contributed by atoms with Crippen LogP contribution in [0.25, 0.3) is 0 Å². The van der Waals surface area contributed by atoms with Crippen LogP contribution in [-0.4, -0.2) is 31.7 Å². The average molecular weight is 280 g/mol. The Balaban J connectivity index is 2.51. The second-order valence-electron chi connectivity index (χ2n) is 4.43. The van der Waals surface area contributed by atoms with Crippen LogP contribution in [0, 0.1) is 6.92 Å². The highest BCUT2D eigenvalue weighted by atomic mass is 32.1. The number of hydrogen-bond acceptors (Lipinski definition) is 3. The summed E-state index contributed by atoms with van der Waals surface area (Å²) in [4.78, 5) is 4.11. The largest absolute Gasteiger partial charge is 0.390 e. The molecule has 0 aliphatic rings. The van der Waals surface area contributed by atoms with E-state index in [1.165, 1.54) is 9.75 Å². The van der Waals surface area contributed by atoms with Crippen LogP contribution in [0.5, 0.6) is 0 Å². The van der Waals surface area contributed by atoms with Gasteiger partial charge in [0.25, 0.3) is 0 Å². The highest BCUT2D eigenvalue weighted by molar-refractivity contribution is 7.12. The molecule has 0 bridgehead atoms. The molecule has 1 N–H and O–H groups in total. The Morgan fingerprint density at radius 2 is 2.06 bits per heavy atom. The first-order valence-corrected chi connectivity index (χ1v) is 6.61. The third-order valence-corrected chi connectivity index (χ3v) is 3.73. The molecule has 1 heterocycles. The number of nitrogens with zero attached hydrogens (tertiary/aromatic N) is 1. The number of rotatable bonds is 6. The van der Waals surface area contributed by atoms with E-state index in [-0.39, 0.29) is 6.54 Å². The molecule has 2 nitrogen and oxygen atoms in total. The summed E-state index contributed by atoms with van der Waals surface area (Å²) in [6.45, 7) is 3.43. The zero-order valence-electron chi connectivity index (χ0n) is 10.9. The Morgan fingerprint density at radius 1 is 1.39 bits per heavy atom. The molecular formula is C12H19F3N2S. The molecule has 0 fully saturated rings. The zero-order chi connectivity index (χ0) is 13.8. The van der Waals surface area contributed by atoms with E-state index in [1.807, 2.05) is 14.0 Å². The zero-order valence-corrected chi connectivity index (χ0v) is 11.7. The van der Waals surface area contributed by atoms with Gasteiger partial charge in [0.15, 0.2) is 0 Å². The van der Waals surface area contributed by atoms with Gasteiger partial charge in [0, 0.05) is 29.4 Å². The smallest absolute Gasteiger partial charge is 0.315 e. The molecule has 0 unspecified atom stereocenters. The summed E-state index contributed by atoms with van der Waals surface area (Å²) >= 11 is 1.69. The standard InChI is InChI=1S/C12H19F3N2S/c1-9-10(6-11(18-9)7-16-2)8-17(3)5-4-12(13,14)15/h6,16H,4-5,7-8H2,1-3H3. The van der Waals surface area contributed by atoms with Crippen molar-refractivity contribution in [2.45, 2.75) is 32.6 Å². The number of alkyl halides is 3. The van der Waals surface area contributed by atoms with Crippen LogP contribution in [0.3, 0.4) is 0 Å². The molecule has 18 heavy (non-hydrogen) atoms. The van der Waals surface area contributed by atoms with Crippen molar-refractivity contribution in [3.8, 4) is 0 Å². The molecule has 0 atom stereocenters. The predicted molar refractivity (Wildman–Crippen MR) is 68.8 cm³/mol. The molecule has 0 spiro atoms. The molecule has 0 radical (unpaired) electrons. The van der Waals surface area contributed by atoms with Gasteiger partial charge in [0.05, 0.1) is 6.42 Å². The van der Waals surface area contributed by atoms with E-state index in [1.54, 1.807) is 23.3 Å². The van der Waals surface area contributed by atoms with E-state index >= 15 is 0 Å². The van der Waals surface area contributed by atoms with Crippen molar-refractivity contribution in [3.05, 3.63) is 21.4 Å². The maximum Gasteiger partial charge on any atom is 0.390 e. The quantitative estimate of drug-likeness (QED) is 0.861. The Bertz CT molecular complexity index is 374. The number of hydrogen-bond donors (Lipinski definition) is 1. The molecule has 104 valence electrons. The van der Waals surface area contributed by atoms with Crippen molar-refractivity contribution in [3.63, 3.8) is 0 Å². The predicted octanol–water partition coefficient (Wildman–Crippen LogP) is 3.16. The molecular weight excluding hydrogens is 261 g/mol. The third kappa shape index (κ3) is 5.37. The molecule has 6 heteroatoms. The molecule has 1 rings (SSSR count). The van der Waals surface area contributed by atoms with Crippen LogP contribution < -0.4 is 5.32 Å². The van der Waals surface area contributed by atoms with Gasteiger partial charge >= 0.3 is 6.18 Å². The summed E-state index contributed by atoms with van der Waals surface area (Å²) in [6, 6.07) is 2.07. The summed E-state index contributed by atoms with van der Waals surface area (Å²) in [7, 11) is 3.60. The van der Waals surface area contributed by atoms with E-state index < -0.39 is 12.6 Å². The maximum absolute atomic E-state index is 12.1. The van der Waals surface area contributed by atoms with E-state index in [4.69, 9.17) is 0 Å². The van der Waals surface area contributed by atoms with Crippen LogP contribution in [0.15, 0.2) is 6.07 Å². The topological polar surface area (TPSA) is 15.3 Å². The minimum atomic E-state index is -4.07. The summed E-state index contributed by atoms with van der Waals surface area (Å²) in [5.41, 5.74) is 1.12. The van der Waals surface area contributed by atoms with Crippen LogP contribution in [0.4, 0.5) is 13.2 Å². The highest BCUT2D eigenvalue weighted by Gasteiger charge is 2.27. The molecule has 0 amide bonds. The van der Waals surface area contributed by atoms with Crippen molar-refractivity contribution in [2.24, 2.45) is 0 Å². The molecule has 0 aromatic carbocycles. The fourth-order valence-electron chi connectivity index (χ4n) is 1.69. The second-order valence-corrected chi connectivity index (χ2v) is 5.77. The number of nitrogens with one attached hydrogen (secondary N) is 1. The van der Waals surface area contributed by atoms with Crippen molar-refractivity contribution >= 4 is 11.3 Å². The summed E-state index contributed by atoms with van der Waals surface area (Å²) in [6.07, 6.45) is -4.83. The van der Waals surface area contributed by atoms with Crippen molar-refractivity contribution < 1.29 is 13.2 Å². The number of aryl methyl sites for hydroxylation is 1. The highest BCUT2D eigenvalue weighted by Crippen LogP contribution is 2.24. The lowest BCUT2D eigenvalue weighted by Crippen LogP contribution is -2.24. The lowest BCUT2D eigenvalue weighted by atomic mass is 10.2. The average Bonchev–Trinajstić information content (AvgIpc) is 2.56. The molecule has 1 aromatic rings. The van der Waals surface area contributed by atoms with E-state index in [2.05, 4.69) is 11.4 Å². The van der Waals surface area contributed by atoms with Crippen LogP contribution in [0.1, 0.15) is 21.7 Å². The van der Waals surface area contributed by atoms with Gasteiger partial charge in [-0.3, -0.25) is 0 Å². The lowest BCUT2D eigenvalue weighted by Gasteiger charge is -2.17. The minimum Gasteiger partial charge on any atom is -0.315 e. The summed E-state index contributed by atoms with van der Waals surface area (Å²) in [5.74, 6) is 0. The number of halogens is 3. The molecule has 0 saturated carbocycles. The van der Waals surface area contributed by atoms with Gasteiger partial charge in [0.1, 0.15) is 0 Å². The Morgan fingerprint density at radius 3 is 2.61 bits per heavy atom. The fourth-order valence-corrected chi connectivity index (χ4v) is 2.76. The molecule has 0 saturated heterocycles. The van der Waals surface area contributed by atoms with E-state index in [0.717, 1.165) is 12.1 Å². The van der Waals surface area contributed by atoms with Crippen molar-refractivity contribution in [1.29, 1.82) is 0 Å². The minimum absolute atomic E-state index is 0.0418. The Kier molecular flexibility index (Phi) is 5.62.